The normalized spacial score (nSPS) is 11.1. The van der Waals surface area contributed by atoms with Crippen LogP contribution < -0.4 is 0 Å². The molecule has 0 N–H and O–H groups in total. The van der Waals surface area contributed by atoms with Gasteiger partial charge < -0.3 is 9.47 Å². The molecule has 0 bridgehead atoms. The van der Waals surface area contributed by atoms with E-state index in [1.807, 2.05) is 17.0 Å². The van der Waals surface area contributed by atoms with Crippen LogP contribution in [0.1, 0.15) is 49.3 Å². The lowest BCUT2D eigenvalue weighted by Gasteiger charge is -2.23. The molecule has 0 aliphatic carbocycles. The molecule has 1 amide bonds. The Hall–Kier alpha value is -2.11. The molecule has 148 valence electrons. The fraction of sp³-hybridized carbons (Fsp3) is 0.381. The van der Waals surface area contributed by atoms with Gasteiger partial charge in [0, 0.05) is 24.3 Å². The Bertz CT molecular complexity index is 970. The van der Waals surface area contributed by atoms with Crippen molar-refractivity contribution in [2.24, 2.45) is 0 Å². The van der Waals surface area contributed by atoms with Crippen molar-refractivity contribution in [3.63, 3.8) is 0 Å². The summed E-state index contributed by atoms with van der Waals surface area (Å²) in [6.45, 7) is 6.08. The van der Waals surface area contributed by atoms with Gasteiger partial charge in [0.05, 0.1) is 17.1 Å². The summed E-state index contributed by atoms with van der Waals surface area (Å²) >= 11 is 12.3. The average Bonchev–Trinajstić information content (AvgIpc) is 3.02. The van der Waals surface area contributed by atoms with Gasteiger partial charge in [-0.2, -0.15) is 0 Å². The number of halogens is 2. The number of nitrogens with zero attached hydrogens (tertiary/aromatic N) is 4. The number of benzene rings is 1. The number of amides is 1. The Morgan fingerprint density at radius 3 is 2.71 bits per heavy atom. The van der Waals surface area contributed by atoms with E-state index in [0.29, 0.717) is 28.7 Å². The first-order chi connectivity index (χ1) is 13.5. The molecule has 7 heteroatoms. The van der Waals surface area contributed by atoms with Crippen molar-refractivity contribution in [1.29, 1.82) is 0 Å². The van der Waals surface area contributed by atoms with Crippen LogP contribution in [0.2, 0.25) is 10.0 Å². The quantitative estimate of drug-likeness (QED) is 0.478. The predicted octanol–water partition coefficient (Wildman–Crippen LogP) is 5.59. The summed E-state index contributed by atoms with van der Waals surface area (Å²) in [4.78, 5) is 24.3. The highest BCUT2D eigenvalue weighted by Gasteiger charge is 2.22. The van der Waals surface area contributed by atoms with E-state index in [0.717, 1.165) is 42.8 Å². The zero-order valence-corrected chi connectivity index (χ0v) is 17.7. The standard InChI is InChI=1S/C21H24Cl2N4O/c1-3-5-12-26(21(28)16-9-8-15(22)13-17(16)23)14-19-25-18-7-6-10-24-20(18)27(19)11-4-2/h6-10,13H,3-5,11-12,14H2,1-2H3. The number of pyridine rings is 1. The number of aromatic nitrogens is 3. The molecule has 0 radical (unpaired) electrons. The number of carbonyl (C=O) groups is 1. The molecular formula is C21H24Cl2N4O. The van der Waals surface area contributed by atoms with Gasteiger partial charge in [-0.15, -0.1) is 0 Å². The summed E-state index contributed by atoms with van der Waals surface area (Å²) in [7, 11) is 0. The van der Waals surface area contributed by atoms with Crippen molar-refractivity contribution >= 4 is 40.3 Å². The summed E-state index contributed by atoms with van der Waals surface area (Å²) in [6.07, 6.45) is 4.63. The fourth-order valence-corrected chi connectivity index (χ4v) is 3.68. The van der Waals surface area contributed by atoms with Gasteiger partial charge in [0.2, 0.25) is 0 Å². The fourth-order valence-electron chi connectivity index (χ4n) is 3.19. The van der Waals surface area contributed by atoms with Crippen LogP contribution in [-0.4, -0.2) is 31.9 Å². The molecule has 5 nitrogen and oxygen atoms in total. The lowest BCUT2D eigenvalue weighted by atomic mass is 10.2. The molecule has 0 atom stereocenters. The molecular weight excluding hydrogens is 395 g/mol. The first-order valence-corrected chi connectivity index (χ1v) is 10.3. The smallest absolute Gasteiger partial charge is 0.255 e. The van der Waals surface area contributed by atoms with Crippen LogP contribution in [0, 0.1) is 0 Å². The SMILES string of the molecule is CCCCN(Cc1nc2cccnc2n1CCC)C(=O)c1ccc(Cl)cc1Cl. The van der Waals surface area contributed by atoms with E-state index >= 15 is 0 Å². The first-order valence-electron chi connectivity index (χ1n) is 9.59. The van der Waals surface area contributed by atoms with Crippen LogP contribution in [-0.2, 0) is 13.1 Å². The minimum absolute atomic E-state index is 0.113. The summed E-state index contributed by atoms with van der Waals surface area (Å²) in [5.74, 6) is 0.725. The molecule has 2 heterocycles. The van der Waals surface area contributed by atoms with Crippen LogP contribution in [0.25, 0.3) is 11.2 Å². The molecule has 0 unspecified atom stereocenters. The second-order valence-corrected chi connectivity index (χ2v) is 7.57. The lowest BCUT2D eigenvalue weighted by molar-refractivity contribution is 0.0735. The summed E-state index contributed by atoms with van der Waals surface area (Å²) in [5, 5.41) is 0.875. The van der Waals surface area contributed by atoms with E-state index in [1.54, 1.807) is 24.4 Å². The number of fused-ring (bicyclic) bond motifs is 1. The van der Waals surface area contributed by atoms with Gasteiger partial charge in [-0.05, 0) is 43.2 Å². The second-order valence-electron chi connectivity index (χ2n) is 6.73. The maximum absolute atomic E-state index is 13.2. The van der Waals surface area contributed by atoms with Crippen molar-refractivity contribution < 1.29 is 4.79 Å². The van der Waals surface area contributed by atoms with E-state index in [9.17, 15) is 4.79 Å². The molecule has 0 spiro atoms. The number of aryl methyl sites for hydroxylation is 1. The van der Waals surface area contributed by atoms with Crippen LogP contribution in [0.4, 0.5) is 0 Å². The zero-order valence-electron chi connectivity index (χ0n) is 16.2. The van der Waals surface area contributed by atoms with Crippen molar-refractivity contribution in [2.45, 2.75) is 46.2 Å². The number of rotatable bonds is 8. The Morgan fingerprint density at radius 1 is 1.18 bits per heavy atom. The second kappa shape index (κ2) is 9.39. The van der Waals surface area contributed by atoms with Crippen LogP contribution >= 0.6 is 23.2 Å². The van der Waals surface area contributed by atoms with Crippen LogP contribution in [0.15, 0.2) is 36.5 Å². The number of hydrogen-bond donors (Lipinski definition) is 0. The maximum Gasteiger partial charge on any atom is 0.255 e. The van der Waals surface area contributed by atoms with Crippen molar-refractivity contribution in [3.8, 4) is 0 Å². The largest absolute Gasteiger partial charge is 0.331 e. The van der Waals surface area contributed by atoms with Gasteiger partial charge in [-0.1, -0.05) is 43.5 Å². The van der Waals surface area contributed by atoms with Gasteiger partial charge in [0.25, 0.3) is 5.91 Å². The highest BCUT2D eigenvalue weighted by molar-refractivity contribution is 6.36. The lowest BCUT2D eigenvalue weighted by Crippen LogP contribution is -2.33. The van der Waals surface area contributed by atoms with Gasteiger partial charge in [0.1, 0.15) is 11.3 Å². The molecule has 3 aromatic rings. The van der Waals surface area contributed by atoms with Gasteiger partial charge >= 0.3 is 0 Å². The molecule has 0 saturated carbocycles. The van der Waals surface area contributed by atoms with Crippen LogP contribution in [0.5, 0.6) is 0 Å². The number of carbonyl (C=O) groups excluding carboxylic acids is 1. The van der Waals surface area contributed by atoms with Crippen molar-refractivity contribution in [3.05, 3.63) is 58.0 Å². The minimum atomic E-state index is -0.113. The average molecular weight is 419 g/mol. The third-order valence-electron chi connectivity index (χ3n) is 4.59. The van der Waals surface area contributed by atoms with Gasteiger partial charge in [-0.25, -0.2) is 9.97 Å². The predicted molar refractivity (Wildman–Crippen MR) is 114 cm³/mol. The Morgan fingerprint density at radius 2 is 2.00 bits per heavy atom. The molecule has 2 aromatic heterocycles. The molecule has 3 rings (SSSR count). The number of hydrogen-bond acceptors (Lipinski definition) is 3. The minimum Gasteiger partial charge on any atom is -0.331 e. The molecule has 0 saturated heterocycles. The van der Waals surface area contributed by atoms with Crippen LogP contribution in [0.3, 0.4) is 0 Å². The van der Waals surface area contributed by atoms with E-state index < -0.39 is 0 Å². The number of imidazole rings is 1. The van der Waals surface area contributed by atoms with Crippen molar-refractivity contribution in [2.75, 3.05) is 6.54 Å². The highest BCUT2D eigenvalue weighted by Crippen LogP contribution is 2.24. The van der Waals surface area contributed by atoms with Crippen molar-refractivity contribution in [1.82, 2.24) is 19.4 Å². The van der Waals surface area contributed by atoms with Gasteiger partial charge in [-0.3, -0.25) is 4.79 Å². The summed E-state index contributed by atoms with van der Waals surface area (Å²) in [5.41, 5.74) is 2.16. The van der Waals surface area contributed by atoms with E-state index in [1.165, 1.54) is 0 Å². The molecule has 1 aromatic carbocycles. The Labute approximate surface area is 175 Å². The summed E-state index contributed by atoms with van der Waals surface area (Å²) in [6, 6.07) is 8.80. The third-order valence-corrected chi connectivity index (χ3v) is 5.14. The topological polar surface area (TPSA) is 51.0 Å². The molecule has 28 heavy (non-hydrogen) atoms. The third kappa shape index (κ3) is 4.47. The first kappa shape index (κ1) is 20.6. The monoisotopic (exact) mass is 418 g/mol. The summed E-state index contributed by atoms with van der Waals surface area (Å²) < 4.78 is 2.10. The molecule has 0 aliphatic heterocycles. The van der Waals surface area contributed by atoms with Gasteiger partial charge in [0.15, 0.2) is 5.65 Å². The maximum atomic E-state index is 13.2. The molecule has 0 fully saturated rings. The highest BCUT2D eigenvalue weighted by atomic mass is 35.5. The zero-order chi connectivity index (χ0) is 20.1. The molecule has 0 aliphatic rings. The number of unbranched alkanes of at least 4 members (excludes halogenated alkanes) is 1. The van der Waals surface area contributed by atoms with E-state index in [2.05, 4.69) is 23.4 Å². The Balaban J connectivity index is 1.95. The van der Waals surface area contributed by atoms with E-state index in [-0.39, 0.29) is 5.91 Å². The Kier molecular flexibility index (Phi) is 6.92. The van der Waals surface area contributed by atoms with E-state index in [4.69, 9.17) is 28.2 Å².